The maximum Gasteiger partial charge on any atom is 0.158 e. The second kappa shape index (κ2) is 6.60. The average Bonchev–Trinajstić information content (AvgIpc) is 3.08. The van der Waals surface area contributed by atoms with E-state index >= 15 is 0 Å². The van der Waals surface area contributed by atoms with Crippen molar-refractivity contribution in [2.75, 3.05) is 24.3 Å². The minimum atomic E-state index is 0.451. The molecule has 2 saturated carbocycles. The summed E-state index contributed by atoms with van der Waals surface area (Å²) in [5.74, 6) is 4.34. The lowest BCUT2D eigenvalue weighted by atomic mass is 9.95. The summed E-state index contributed by atoms with van der Waals surface area (Å²) in [5, 5.41) is 6.99. The maximum absolute atomic E-state index is 5.18. The SMILES string of the molecule is CCCNc1cc(NC2CC3CCC2C3)nc(COC)n1. The molecule has 5 nitrogen and oxygen atoms in total. The maximum atomic E-state index is 5.18. The molecule has 21 heavy (non-hydrogen) atoms. The van der Waals surface area contributed by atoms with Crippen LogP contribution in [0.3, 0.4) is 0 Å². The summed E-state index contributed by atoms with van der Waals surface area (Å²) >= 11 is 0. The number of aromatic nitrogens is 2. The Balaban J connectivity index is 1.71. The van der Waals surface area contributed by atoms with Crippen LogP contribution in [0.15, 0.2) is 6.07 Å². The fourth-order valence-electron chi connectivity index (χ4n) is 3.72. The molecule has 3 atom stereocenters. The zero-order valence-electron chi connectivity index (χ0n) is 13.1. The first-order valence-electron chi connectivity index (χ1n) is 8.15. The second-order valence-electron chi connectivity index (χ2n) is 6.34. The Kier molecular flexibility index (Phi) is 4.58. The molecule has 116 valence electrons. The van der Waals surface area contributed by atoms with E-state index in [1.54, 1.807) is 7.11 Å². The number of methoxy groups -OCH3 is 1. The van der Waals surface area contributed by atoms with E-state index in [1.807, 2.05) is 6.07 Å². The van der Waals surface area contributed by atoms with E-state index in [0.717, 1.165) is 42.3 Å². The zero-order chi connectivity index (χ0) is 14.7. The fraction of sp³-hybridized carbons (Fsp3) is 0.750. The molecule has 1 aromatic rings. The molecule has 0 spiro atoms. The number of ether oxygens (including phenoxy) is 1. The van der Waals surface area contributed by atoms with E-state index in [0.29, 0.717) is 12.6 Å². The van der Waals surface area contributed by atoms with Crippen LogP contribution in [0.25, 0.3) is 0 Å². The van der Waals surface area contributed by atoms with E-state index in [-0.39, 0.29) is 0 Å². The standard InChI is InChI=1S/C16H26N4O/c1-3-6-17-14-9-15(20-16(19-14)10-21-2)18-13-8-11-4-5-12(13)7-11/h9,11-13H,3-8,10H2,1-2H3,(H2,17,18,19,20). The monoisotopic (exact) mass is 290 g/mol. The van der Waals surface area contributed by atoms with Crippen molar-refractivity contribution in [3.05, 3.63) is 11.9 Å². The largest absolute Gasteiger partial charge is 0.377 e. The molecule has 2 fully saturated rings. The normalized spacial score (nSPS) is 27.0. The zero-order valence-corrected chi connectivity index (χ0v) is 13.1. The van der Waals surface area contributed by atoms with Crippen molar-refractivity contribution in [3.63, 3.8) is 0 Å². The summed E-state index contributed by atoms with van der Waals surface area (Å²) in [6.07, 6.45) is 6.57. The third-order valence-electron chi connectivity index (χ3n) is 4.67. The molecule has 1 heterocycles. The molecule has 5 heteroatoms. The van der Waals surface area contributed by atoms with Crippen LogP contribution in [0, 0.1) is 11.8 Å². The number of hydrogen-bond acceptors (Lipinski definition) is 5. The highest BCUT2D eigenvalue weighted by Crippen LogP contribution is 2.45. The van der Waals surface area contributed by atoms with Gasteiger partial charge in [-0.2, -0.15) is 0 Å². The van der Waals surface area contributed by atoms with Gasteiger partial charge in [0.25, 0.3) is 0 Å². The Bertz CT molecular complexity index is 479. The Labute approximate surface area is 126 Å². The molecule has 0 radical (unpaired) electrons. The predicted octanol–water partition coefficient (Wildman–Crippen LogP) is 3.05. The molecule has 0 aliphatic heterocycles. The number of rotatable bonds is 7. The summed E-state index contributed by atoms with van der Waals surface area (Å²) < 4.78 is 5.18. The van der Waals surface area contributed by atoms with Crippen LogP contribution in [0.1, 0.15) is 44.9 Å². The van der Waals surface area contributed by atoms with Crippen LogP contribution in [0.4, 0.5) is 11.6 Å². The molecule has 3 rings (SSSR count). The van der Waals surface area contributed by atoms with Crippen LogP contribution in [-0.2, 0) is 11.3 Å². The topological polar surface area (TPSA) is 59.1 Å². The first kappa shape index (κ1) is 14.6. The van der Waals surface area contributed by atoms with Crippen molar-refractivity contribution in [1.82, 2.24) is 9.97 Å². The summed E-state index contributed by atoms with van der Waals surface area (Å²) in [6.45, 7) is 3.53. The second-order valence-corrected chi connectivity index (χ2v) is 6.34. The lowest BCUT2D eigenvalue weighted by molar-refractivity contribution is 0.178. The molecule has 0 amide bonds. The van der Waals surface area contributed by atoms with Gasteiger partial charge in [0.2, 0.25) is 0 Å². The Morgan fingerprint density at radius 1 is 1.24 bits per heavy atom. The highest BCUT2D eigenvalue weighted by Gasteiger charge is 2.39. The molecule has 1 aromatic heterocycles. The Morgan fingerprint density at radius 2 is 2.10 bits per heavy atom. The Hall–Kier alpha value is -1.36. The molecule has 0 aromatic carbocycles. The van der Waals surface area contributed by atoms with E-state index in [4.69, 9.17) is 4.74 Å². The van der Waals surface area contributed by atoms with E-state index in [9.17, 15) is 0 Å². The van der Waals surface area contributed by atoms with Crippen molar-refractivity contribution in [2.45, 2.75) is 51.7 Å². The van der Waals surface area contributed by atoms with E-state index in [2.05, 4.69) is 27.5 Å². The fourth-order valence-corrected chi connectivity index (χ4v) is 3.72. The molecule has 2 aliphatic rings. The number of hydrogen-bond donors (Lipinski definition) is 2. The summed E-state index contributed by atoms with van der Waals surface area (Å²) in [6, 6.07) is 2.62. The number of anilines is 2. The molecule has 2 N–H and O–H groups in total. The summed E-state index contributed by atoms with van der Waals surface area (Å²) in [4.78, 5) is 9.09. The minimum Gasteiger partial charge on any atom is -0.377 e. The van der Waals surface area contributed by atoms with Gasteiger partial charge in [0.15, 0.2) is 5.82 Å². The minimum absolute atomic E-state index is 0.451. The number of nitrogens with zero attached hydrogens (tertiary/aromatic N) is 2. The molecular formula is C16H26N4O. The van der Waals surface area contributed by atoms with Crippen LogP contribution in [0.5, 0.6) is 0 Å². The lowest BCUT2D eigenvalue weighted by Gasteiger charge is -2.23. The smallest absolute Gasteiger partial charge is 0.158 e. The highest BCUT2D eigenvalue weighted by molar-refractivity contribution is 5.48. The molecule has 0 saturated heterocycles. The van der Waals surface area contributed by atoms with Crippen molar-refractivity contribution in [3.8, 4) is 0 Å². The molecule has 2 bridgehead atoms. The summed E-state index contributed by atoms with van der Waals surface area (Å²) in [7, 11) is 1.68. The quantitative estimate of drug-likeness (QED) is 0.808. The van der Waals surface area contributed by atoms with Gasteiger partial charge in [0, 0.05) is 25.8 Å². The third-order valence-corrected chi connectivity index (χ3v) is 4.67. The van der Waals surface area contributed by atoms with Gasteiger partial charge in [0.05, 0.1) is 0 Å². The van der Waals surface area contributed by atoms with Crippen molar-refractivity contribution in [1.29, 1.82) is 0 Å². The lowest BCUT2D eigenvalue weighted by Crippen LogP contribution is -2.26. The van der Waals surface area contributed by atoms with Gasteiger partial charge >= 0.3 is 0 Å². The van der Waals surface area contributed by atoms with Crippen LogP contribution in [-0.4, -0.2) is 29.7 Å². The Morgan fingerprint density at radius 3 is 2.76 bits per heavy atom. The van der Waals surface area contributed by atoms with Crippen LogP contribution >= 0.6 is 0 Å². The van der Waals surface area contributed by atoms with Gasteiger partial charge in [0.1, 0.15) is 18.2 Å². The van der Waals surface area contributed by atoms with Gasteiger partial charge in [-0.3, -0.25) is 0 Å². The van der Waals surface area contributed by atoms with Gasteiger partial charge in [-0.1, -0.05) is 13.3 Å². The average molecular weight is 290 g/mol. The van der Waals surface area contributed by atoms with Crippen molar-refractivity contribution < 1.29 is 4.74 Å². The molecule has 2 aliphatic carbocycles. The highest BCUT2D eigenvalue weighted by atomic mass is 16.5. The van der Waals surface area contributed by atoms with Crippen molar-refractivity contribution in [2.24, 2.45) is 11.8 Å². The first-order chi connectivity index (χ1) is 10.3. The first-order valence-corrected chi connectivity index (χ1v) is 8.15. The van der Waals surface area contributed by atoms with Crippen molar-refractivity contribution >= 4 is 11.6 Å². The molecule has 3 unspecified atom stereocenters. The van der Waals surface area contributed by atoms with Gasteiger partial charge in [-0.15, -0.1) is 0 Å². The summed E-state index contributed by atoms with van der Waals surface area (Å²) in [5.41, 5.74) is 0. The number of fused-ring (bicyclic) bond motifs is 2. The van der Waals surface area contributed by atoms with E-state index in [1.165, 1.54) is 25.7 Å². The van der Waals surface area contributed by atoms with Gasteiger partial charge in [-0.25, -0.2) is 9.97 Å². The molecular weight excluding hydrogens is 264 g/mol. The third kappa shape index (κ3) is 3.46. The predicted molar refractivity (Wildman–Crippen MR) is 84.4 cm³/mol. The van der Waals surface area contributed by atoms with Crippen LogP contribution < -0.4 is 10.6 Å². The van der Waals surface area contributed by atoms with Gasteiger partial charge < -0.3 is 15.4 Å². The van der Waals surface area contributed by atoms with Gasteiger partial charge in [-0.05, 0) is 37.5 Å². The number of nitrogens with one attached hydrogen (secondary N) is 2. The van der Waals surface area contributed by atoms with E-state index < -0.39 is 0 Å². The van der Waals surface area contributed by atoms with Crippen LogP contribution in [0.2, 0.25) is 0 Å².